The molecule has 1 N–H and O–H groups in total. The minimum Gasteiger partial charge on any atom is -0.480 e. The predicted molar refractivity (Wildman–Crippen MR) is 72.7 cm³/mol. The molecule has 0 aliphatic carbocycles. The van der Waals surface area contributed by atoms with Crippen molar-refractivity contribution in [2.75, 3.05) is 0 Å². The Labute approximate surface area is 124 Å². The highest BCUT2D eigenvalue weighted by molar-refractivity contribution is 8.01. The van der Waals surface area contributed by atoms with Crippen molar-refractivity contribution in [3.63, 3.8) is 0 Å². The predicted octanol–water partition coefficient (Wildman–Crippen LogP) is -0.00220. The van der Waals surface area contributed by atoms with Gasteiger partial charge in [-0.3, -0.25) is 14.3 Å². The molecule has 1 aromatic rings. The second kappa shape index (κ2) is 4.55. The number of Topliss-reactive ketones (excluding diaryl/α,β-unsaturated/α-hetero) is 1. The summed E-state index contributed by atoms with van der Waals surface area (Å²) in [5.41, 5.74) is 0.243. The summed E-state index contributed by atoms with van der Waals surface area (Å²) in [5.74, 6) is -1.35. The first-order valence-corrected chi connectivity index (χ1v) is 7.32. The lowest BCUT2D eigenvalue weighted by Gasteiger charge is -2.36. The van der Waals surface area contributed by atoms with E-state index in [4.69, 9.17) is 0 Å². The number of hydrogen-bond donors (Lipinski definition) is 1. The van der Waals surface area contributed by atoms with Crippen molar-refractivity contribution in [1.82, 2.24) is 19.9 Å². The maximum absolute atomic E-state index is 11.6. The number of thioether (sulfide) groups is 1. The van der Waals surface area contributed by atoms with Gasteiger partial charge in [0.05, 0.1) is 29.3 Å². The minimum atomic E-state index is -1.02. The summed E-state index contributed by atoms with van der Waals surface area (Å²) in [6.07, 6.45) is 1.88. The third kappa shape index (κ3) is 2.11. The lowest BCUT2D eigenvalue weighted by molar-refractivity contribution is -0.157. The number of rotatable bonds is 4. The largest absolute Gasteiger partial charge is 0.480 e. The molecule has 112 valence electrons. The van der Waals surface area contributed by atoms with Gasteiger partial charge in [-0.05, 0) is 6.92 Å². The number of β-lactam (4-membered cyclic amide) rings is 1. The van der Waals surface area contributed by atoms with Crippen molar-refractivity contribution in [1.29, 1.82) is 0 Å². The molecule has 2 fully saturated rings. The zero-order chi connectivity index (χ0) is 15.4. The van der Waals surface area contributed by atoms with Crippen LogP contribution in [0.15, 0.2) is 6.20 Å². The molecule has 0 unspecified atom stereocenters. The number of aromatic nitrogens is 3. The van der Waals surface area contributed by atoms with Crippen molar-refractivity contribution >= 4 is 29.4 Å². The van der Waals surface area contributed by atoms with Gasteiger partial charge >= 0.3 is 5.97 Å². The molecule has 9 heteroatoms. The fourth-order valence-electron chi connectivity index (χ4n) is 2.84. The van der Waals surface area contributed by atoms with Gasteiger partial charge in [-0.25, -0.2) is 4.79 Å². The molecule has 0 aromatic carbocycles. The highest BCUT2D eigenvalue weighted by atomic mass is 32.2. The van der Waals surface area contributed by atoms with E-state index in [0.29, 0.717) is 6.42 Å². The quantitative estimate of drug-likeness (QED) is 0.616. The average molecular weight is 310 g/mol. The van der Waals surface area contributed by atoms with Gasteiger partial charge in [-0.1, -0.05) is 5.21 Å². The lowest BCUT2D eigenvalue weighted by Crippen LogP contribution is -2.58. The van der Waals surface area contributed by atoms with Gasteiger partial charge in [-0.15, -0.1) is 16.9 Å². The van der Waals surface area contributed by atoms with E-state index in [1.165, 1.54) is 34.5 Å². The van der Waals surface area contributed by atoms with Crippen LogP contribution < -0.4 is 0 Å². The number of carbonyl (C=O) groups excluding carboxylic acids is 2. The van der Waals surface area contributed by atoms with Crippen LogP contribution in [0, 0.1) is 0 Å². The van der Waals surface area contributed by atoms with E-state index >= 15 is 0 Å². The smallest absolute Gasteiger partial charge is 0.327 e. The van der Waals surface area contributed by atoms with Crippen LogP contribution in [-0.4, -0.2) is 58.8 Å². The van der Waals surface area contributed by atoms with Gasteiger partial charge < -0.3 is 10.0 Å². The van der Waals surface area contributed by atoms with Gasteiger partial charge in [0, 0.05) is 6.92 Å². The summed E-state index contributed by atoms with van der Waals surface area (Å²) in [5, 5.41) is 17.0. The second-order valence-corrected chi connectivity index (χ2v) is 7.20. The van der Waals surface area contributed by atoms with E-state index in [1.807, 2.05) is 0 Å². The maximum Gasteiger partial charge on any atom is 0.327 e. The molecule has 1 aromatic heterocycles. The van der Waals surface area contributed by atoms with Crippen molar-refractivity contribution in [3.8, 4) is 0 Å². The van der Waals surface area contributed by atoms with Crippen LogP contribution in [0.1, 0.15) is 30.8 Å². The van der Waals surface area contributed by atoms with Crippen LogP contribution in [-0.2, 0) is 16.1 Å². The Balaban J connectivity index is 1.86. The molecule has 1 amide bonds. The maximum atomic E-state index is 11.6. The minimum absolute atomic E-state index is 0.0839. The summed E-state index contributed by atoms with van der Waals surface area (Å²) in [4.78, 5) is 35.8. The average Bonchev–Trinajstić information content (AvgIpc) is 2.91. The number of carboxylic acids is 1. The number of carboxylic acid groups (broad SMARTS) is 1. The first-order chi connectivity index (χ1) is 9.82. The van der Waals surface area contributed by atoms with Crippen molar-refractivity contribution in [3.05, 3.63) is 11.9 Å². The molecular weight excluding hydrogens is 296 g/mol. The number of amides is 1. The van der Waals surface area contributed by atoms with E-state index in [9.17, 15) is 19.5 Å². The Kier molecular flexibility index (Phi) is 3.05. The van der Waals surface area contributed by atoms with Gasteiger partial charge in [0.25, 0.3) is 0 Å². The van der Waals surface area contributed by atoms with Gasteiger partial charge in [0.1, 0.15) is 11.7 Å². The van der Waals surface area contributed by atoms with Crippen LogP contribution in [0.4, 0.5) is 0 Å². The molecule has 8 nitrogen and oxygen atoms in total. The number of fused-ring (bicyclic) bond motifs is 1. The highest BCUT2D eigenvalue weighted by Crippen LogP contribution is 2.51. The Morgan fingerprint density at radius 3 is 2.81 bits per heavy atom. The van der Waals surface area contributed by atoms with Crippen LogP contribution in [0.25, 0.3) is 0 Å². The Bertz CT molecular complexity index is 645. The van der Waals surface area contributed by atoms with Crippen LogP contribution in [0.5, 0.6) is 0 Å². The van der Waals surface area contributed by atoms with E-state index in [0.717, 1.165) is 0 Å². The van der Waals surface area contributed by atoms with Crippen molar-refractivity contribution in [2.45, 2.75) is 43.0 Å². The molecule has 2 saturated heterocycles. The van der Waals surface area contributed by atoms with E-state index in [2.05, 4.69) is 10.3 Å². The van der Waals surface area contributed by atoms with E-state index < -0.39 is 16.8 Å². The number of aliphatic carboxylic acids is 1. The summed E-state index contributed by atoms with van der Waals surface area (Å²) in [7, 11) is 0. The molecule has 3 heterocycles. The molecule has 2 aliphatic rings. The molecule has 0 bridgehead atoms. The Hall–Kier alpha value is -1.90. The third-order valence-electron chi connectivity index (χ3n) is 3.82. The van der Waals surface area contributed by atoms with Crippen molar-refractivity contribution in [2.24, 2.45) is 0 Å². The topological polar surface area (TPSA) is 105 Å². The zero-order valence-corrected chi connectivity index (χ0v) is 12.3. The first kappa shape index (κ1) is 14.1. The van der Waals surface area contributed by atoms with Gasteiger partial charge in [0.2, 0.25) is 5.91 Å². The fourth-order valence-corrected chi connectivity index (χ4v) is 4.59. The first-order valence-electron chi connectivity index (χ1n) is 6.45. The van der Waals surface area contributed by atoms with Crippen LogP contribution in [0.2, 0.25) is 0 Å². The molecule has 3 atom stereocenters. The fraction of sp³-hybridized carbons (Fsp3) is 0.583. The second-order valence-electron chi connectivity index (χ2n) is 5.49. The van der Waals surface area contributed by atoms with Gasteiger partial charge in [0.15, 0.2) is 5.78 Å². The molecule has 21 heavy (non-hydrogen) atoms. The normalized spacial score (nSPS) is 31.0. The van der Waals surface area contributed by atoms with Gasteiger partial charge in [-0.2, -0.15) is 0 Å². The monoisotopic (exact) mass is 310 g/mol. The molecule has 0 saturated carbocycles. The summed E-state index contributed by atoms with van der Waals surface area (Å²) < 4.78 is 0.764. The molecule has 2 aliphatic heterocycles. The van der Waals surface area contributed by atoms with E-state index in [1.54, 1.807) is 6.92 Å². The highest BCUT2D eigenvalue weighted by Gasteiger charge is 2.60. The number of carbonyl (C=O) groups is 3. The molecule has 0 radical (unpaired) electrons. The summed E-state index contributed by atoms with van der Waals surface area (Å²) >= 11 is 1.47. The van der Waals surface area contributed by atoms with Crippen molar-refractivity contribution < 1.29 is 19.5 Å². The zero-order valence-electron chi connectivity index (χ0n) is 11.5. The standard InChI is InChI=1S/C12H14N4O4S/c1-6(17)7-4-15(14-13-7)5-12(2)10(11(19)20)16-8(18)3-9(16)21-12/h4,9-10H,3,5H2,1-2H3,(H,19,20)/t9-,10+,12+/m1/s1. The van der Waals surface area contributed by atoms with E-state index in [-0.39, 0.29) is 29.3 Å². The molecule has 0 spiro atoms. The third-order valence-corrected chi connectivity index (χ3v) is 5.38. The van der Waals surface area contributed by atoms with Crippen LogP contribution in [0.3, 0.4) is 0 Å². The summed E-state index contributed by atoms with van der Waals surface area (Å²) in [6, 6.07) is -0.890. The Morgan fingerprint density at radius 2 is 2.29 bits per heavy atom. The summed E-state index contributed by atoms with van der Waals surface area (Å²) in [6.45, 7) is 3.47. The number of ketones is 1. The number of nitrogens with zero attached hydrogens (tertiary/aromatic N) is 4. The Morgan fingerprint density at radius 1 is 1.57 bits per heavy atom. The molecular formula is C12H14N4O4S. The van der Waals surface area contributed by atoms with Crippen LogP contribution >= 0.6 is 11.8 Å². The SMILES string of the molecule is CC(=O)c1cn(C[C@]2(C)S[C@@H]3CC(=O)N3[C@H]2C(=O)O)nn1. The lowest BCUT2D eigenvalue weighted by atomic mass is 9.96. The molecule has 3 rings (SSSR count). The number of hydrogen-bond acceptors (Lipinski definition) is 6.